The summed E-state index contributed by atoms with van der Waals surface area (Å²) in [5, 5.41) is 11.9. The summed E-state index contributed by atoms with van der Waals surface area (Å²) in [5.74, 6) is 0. The highest BCUT2D eigenvalue weighted by atomic mass is 16.7. The predicted molar refractivity (Wildman–Crippen MR) is 98.5 cm³/mol. The van der Waals surface area contributed by atoms with Crippen LogP contribution in [-0.2, 0) is 4.84 Å². The fourth-order valence-electron chi connectivity index (χ4n) is 3.29. The Kier molecular flexibility index (Phi) is 3.40. The number of anilines is 1. The van der Waals surface area contributed by atoms with Crippen LogP contribution in [0.25, 0.3) is 33.2 Å². The van der Waals surface area contributed by atoms with Crippen molar-refractivity contribution < 1.29 is 9.36 Å². The summed E-state index contributed by atoms with van der Waals surface area (Å²) in [4.78, 5) is 5.15. The Morgan fingerprint density at radius 2 is 1.77 bits per heavy atom. The number of hydrogen-bond donors (Lipinski definition) is 1. The minimum absolute atomic E-state index is 0.696. The Hall–Kier alpha value is -3.64. The van der Waals surface area contributed by atoms with E-state index >= 15 is 0 Å². The summed E-state index contributed by atoms with van der Waals surface area (Å²) in [7, 11) is 0. The highest BCUT2D eigenvalue weighted by molar-refractivity contribution is 6.06. The molecule has 0 atom stereocenters. The quantitative estimate of drug-likeness (QED) is 0.599. The minimum atomic E-state index is 0.696. The van der Waals surface area contributed by atoms with Gasteiger partial charge in [0.05, 0.1) is 11.9 Å². The summed E-state index contributed by atoms with van der Waals surface area (Å²) >= 11 is 0. The third-order valence-corrected chi connectivity index (χ3v) is 4.43. The number of fused-ring (bicyclic) bond motifs is 1. The van der Waals surface area contributed by atoms with Gasteiger partial charge < -0.3 is 9.36 Å². The number of hydrogen-bond acceptors (Lipinski definition) is 6. The van der Waals surface area contributed by atoms with Gasteiger partial charge >= 0.3 is 0 Å². The van der Waals surface area contributed by atoms with E-state index in [9.17, 15) is 0 Å². The van der Waals surface area contributed by atoms with E-state index in [4.69, 9.17) is 9.36 Å². The zero-order valence-corrected chi connectivity index (χ0v) is 13.7. The van der Waals surface area contributed by atoms with Crippen molar-refractivity contribution in [1.29, 1.82) is 0 Å². The van der Waals surface area contributed by atoms with Gasteiger partial charge in [0.25, 0.3) is 0 Å². The molecule has 0 radical (unpaired) electrons. The highest BCUT2D eigenvalue weighted by Gasteiger charge is 2.19. The minimum Gasteiger partial charge on any atom is -0.395 e. The summed E-state index contributed by atoms with van der Waals surface area (Å²) in [6, 6.07) is 20.6. The Bertz CT molecular complexity index is 1110. The molecule has 26 heavy (non-hydrogen) atoms. The van der Waals surface area contributed by atoms with Crippen LogP contribution < -0.4 is 10.6 Å². The molecule has 3 aromatic carbocycles. The van der Waals surface area contributed by atoms with E-state index in [1.807, 2.05) is 41.5 Å². The summed E-state index contributed by atoms with van der Waals surface area (Å²) in [5.41, 5.74) is 7.60. The van der Waals surface area contributed by atoms with Gasteiger partial charge in [0.1, 0.15) is 12.0 Å². The lowest BCUT2D eigenvalue weighted by atomic mass is 9.91. The van der Waals surface area contributed by atoms with E-state index < -0.39 is 0 Å². The van der Waals surface area contributed by atoms with Crippen LogP contribution in [0.15, 0.2) is 83.9 Å². The van der Waals surface area contributed by atoms with Gasteiger partial charge in [0.2, 0.25) is 0 Å². The lowest BCUT2D eigenvalue weighted by Gasteiger charge is -2.20. The van der Waals surface area contributed by atoms with Gasteiger partial charge in [-0.05, 0) is 16.8 Å². The van der Waals surface area contributed by atoms with E-state index in [0.29, 0.717) is 5.69 Å². The molecule has 0 spiro atoms. The van der Waals surface area contributed by atoms with Crippen molar-refractivity contribution in [2.45, 2.75) is 0 Å². The first-order chi connectivity index (χ1) is 12.9. The molecular weight excluding hydrogens is 328 g/mol. The first kappa shape index (κ1) is 14.7. The van der Waals surface area contributed by atoms with E-state index in [2.05, 4.69) is 46.3 Å². The number of para-hydroxylation sites is 1. The molecule has 0 bridgehead atoms. The molecule has 126 valence electrons. The highest BCUT2D eigenvalue weighted by Crippen LogP contribution is 2.41. The molecular formula is C20H14N4O2. The first-order valence-electron chi connectivity index (χ1n) is 8.17. The van der Waals surface area contributed by atoms with Crippen molar-refractivity contribution in [3.63, 3.8) is 0 Å². The fourth-order valence-corrected chi connectivity index (χ4v) is 3.29. The summed E-state index contributed by atoms with van der Waals surface area (Å²) in [6.07, 6.45) is 5.00. The average molecular weight is 342 g/mol. The molecule has 0 saturated heterocycles. The number of aromatic nitrogens is 2. The van der Waals surface area contributed by atoms with Gasteiger partial charge in [-0.15, -0.1) is 5.10 Å². The van der Waals surface area contributed by atoms with Crippen LogP contribution in [0.4, 0.5) is 5.69 Å². The number of nitrogens with zero attached hydrogens (tertiary/aromatic N) is 3. The fraction of sp³-hybridized carbons (Fsp3) is 0. The molecule has 5 rings (SSSR count). The maximum absolute atomic E-state index is 5.15. The third-order valence-electron chi connectivity index (χ3n) is 4.43. The molecule has 0 fully saturated rings. The van der Waals surface area contributed by atoms with Gasteiger partial charge in [-0.3, -0.25) is 0 Å². The normalized spacial score (nSPS) is 13.3. The second kappa shape index (κ2) is 6.02. The standard InChI is InChI=1S/C20H14N4O2/c1-2-6-15-14(5-1)9-10-16(18-13-26-22-21-18)20(15)17-7-3-4-8-19(17)24-11-12-25-23-24/h1-13,23H. The number of benzene rings is 3. The molecule has 1 aliphatic rings. The topological polar surface area (TPSA) is 63.4 Å². The molecule has 4 aromatic rings. The number of hydrazine groups is 1. The monoisotopic (exact) mass is 342 g/mol. The van der Waals surface area contributed by atoms with Gasteiger partial charge in [-0.2, -0.15) is 0 Å². The van der Waals surface area contributed by atoms with Crippen LogP contribution in [0.5, 0.6) is 0 Å². The van der Waals surface area contributed by atoms with Gasteiger partial charge in [-0.25, -0.2) is 5.01 Å². The molecule has 1 aromatic heterocycles. The van der Waals surface area contributed by atoms with Crippen molar-refractivity contribution in [2.24, 2.45) is 0 Å². The van der Waals surface area contributed by atoms with Crippen LogP contribution in [-0.4, -0.2) is 10.4 Å². The van der Waals surface area contributed by atoms with E-state index in [1.165, 1.54) is 0 Å². The maximum Gasteiger partial charge on any atom is 0.152 e. The van der Waals surface area contributed by atoms with Crippen molar-refractivity contribution in [1.82, 2.24) is 16.0 Å². The molecule has 1 aliphatic heterocycles. The van der Waals surface area contributed by atoms with Gasteiger partial charge in [-0.1, -0.05) is 60.2 Å². The van der Waals surface area contributed by atoms with Crippen molar-refractivity contribution in [2.75, 3.05) is 5.01 Å². The Morgan fingerprint density at radius 3 is 2.62 bits per heavy atom. The number of nitrogens with one attached hydrogen (secondary N) is 1. The Labute approximate surface area is 149 Å². The predicted octanol–water partition coefficient (Wildman–Crippen LogP) is 4.28. The van der Waals surface area contributed by atoms with Crippen molar-refractivity contribution in [3.05, 3.63) is 79.4 Å². The van der Waals surface area contributed by atoms with Gasteiger partial charge in [0.15, 0.2) is 6.26 Å². The molecule has 0 saturated carbocycles. The average Bonchev–Trinajstić information content (AvgIpc) is 3.41. The smallest absolute Gasteiger partial charge is 0.152 e. The molecule has 0 unspecified atom stereocenters. The van der Waals surface area contributed by atoms with Crippen molar-refractivity contribution in [3.8, 4) is 22.4 Å². The van der Waals surface area contributed by atoms with E-state index in [1.54, 1.807) is 12.5 Å². The van der Waals surface area contributed by atoms with Crippen LogP contribution >= 0.6 is 0 Å². The lowest BCUT2D eigenvalue weighted by Crippen LogP contribution is -2.27. The largest absolute Gasteiger partial charge is 0.395 e. The van der Waals surface area contributed by atoms with Crippen LogP contribution in [0.3, 0.4) is 0 Å². The lowest BCUT2D eigenvalue weighted by molar-refractivity contribution is 0.159. The summed E-state index contributed by atoms with van der Waals surface area (Å²) < 4.78 is 4.99. The van der Waals surface area contributed by atoms with Crippen LogP contribution in [0.1, 0.15) is 0 Å². The molecule has 6 nitrogen and oxygen atoms in total. The molecule has 0 amide bonds. The molecule has 0 aliphatic carbocycles. The zero-order valence-electron chi connectivity index (χ0n) is 13.7. The third kappa shape index (κ3) is 2.32. The molecule has 2 heterocycles. The van der Waals surface area contributed by atoms with Gasteiger partial charge in [0, 0.05) is 22.0 Å². The Balaban J connectivity index is 1.84. The zero-order chi connectivity index (χ0) is 17.3. The van der Waals surface area contributed by atoms with E-state index in [-0.39, 0.29) is 0 Å². The maximum atomic E-state index is 5.15. The SMILES string of the molecule is C1=CN(c2ccccc2-c2c(-c3conn3)ccc3ccccc23)NO1. The molecule has 1 N–H and O–H groups in total. The van der Waals surface area contributed by atoms with Crippen LogP contribution in [0.2, 0.25) is 0 Å². The van der Waals surface area contributed by atoms with Crippen LogP contribution in [0, 0.1) is 0 Å². The molecule has 6 heteroatoms. The van der Waals surface area contributed by atoms with E-state index in [0.717, 1.165) is 33.2 Å². The second-order valence-corrected chi connectivity index (χ2v) is 5.88. The summed E-state index contributed by atoms with van der Waals surface area (Å²) in [6.45, 7) is 0. The first-order valence-corrected chi connectivity index (χ1v) is 8.17. The van der Waals surface area contributed by atoms with Crippen molar-refractivity contribution >= 4 is 16.5 Å². The number of rotatable bonds is 3. The Morgan fingerprint density at radius 1 is 0.885 bits per heavy atom. The second-order valence-electron chi connectivity index (χ2n) is 5.88.